The third kappa shape index (κ3) is 3.08. The molecule has 0 radical (unpaired) electrons. The van der Waals surface area contributed by atoms with Crippen LogP contribution in [0, 0.1) is 13.8 Å². The molecular weight excluding hydrogens is 256 g/mol. The van der Waals surface area contributed by atoms with Gasteiger partial charge >= 0.3 is 0 Å². The van der Waals surface area contributed by atoms with Crippen molar-refractivity contribution in [3.05, 3.63) is 29.3 Å². The molecule has 0 saturated carbocycles. The predicted octanol–water partition coefficient (Wildman–Crippen LogP) is 1.38. The van der Waals surface area contributed by atoms with Gasteiger partial charge in [-0.1, -0.05) is 17.7 Å². The minimum Gasteiger partial charge on any atom is -0.374 e. The number of rotatable bonds is 3. The van der Waals surface area contributed by atoms with Crippen LogP contribution in [0.2, 0.25) is 0 Å². The maximum atomic E-state index is 12.1. The van der Waals surface area contributed by atoms with Gasteiger partial charge in [0.15, 0.2) is 6.29 Å². The first-order chi connectivity index (χ1) is 8.49. The van der Waals surface area contributed by atoms with Crippen molar-refractivity contribution in [2.24, 2.45) is 0 Å². The molecule has 1 fully saturated rings. The lowest BCUT2D eigenvalue weighted by Gasteiger charge is -2.22. The van der Waals surface area contributed by atoms with Gasteiger partial charge in [-0.05, 0) is 25.5 Å². The number of aryl methyl sites for hydroxylation is 2. The van der Waals surface area contributed by atoms with E-state index >= 15 is 0 Å². The Labute approximate surface area is 107 Å². The first-order valence-corrected chi connectivity index (χ1v) is 7.10. The van der Waals surface area contributed by atoms with Crippen molar-refractivity contribution >= 4 is 10.1 Å². The number of benzene rings is 1. The van der Waals surface area contributed by atoms with Gasteiger partial charge in [-0.2, -0.15) is 8.42 Å². The number of hydrogen-bond donors (Lipinski definition) is 0. The summed E-state index contributed by atoms with van der Waals surface area (Å²) in [7, 11) is -3.81. The van der Waals surface area contributed by atoms with Gasteiger partial charge < -0.3 is 9.47 Å². The van der Waals surface area contributed by atoms with Gasteiger partial charge in [0.05, 0.1) is 24.7 Å². The number of hydrogen-bond acceptors (Lipinski definition) is 5. The van der Waals surface area contributed by atoms with Gasteiger partial charge in [-0.25, -0.2) is 4.18 Å². The second-order valence-electron chi connectivity index (χ2n) is 4.19. The highest BCUT2D eigenvalue weighted by atomic mass is 32.2. The molecule has 0 aromatic heterocycles. The van der Waals surface area contributed by atoms with Crippen LogP contribution in [0.15, 0.2) is 23.1 Å². The Kier molecular flexibility index (Phi) is 4.01. The summed E-state index contributed by atoms with van der Waals surface area (Å²) in [6.07, 6.45) is -0.857. The molecule has 0 aliphatic carbocycles. The summed E-state index contributed by atoms with van der Waals surface area (Å²) in [6, 6.07) is 5.08. The van der Waals surface area contributed by atoms with E-state index in [0.29, 0.717) is 18.8 Å². The van der Waals surface area contributed by atoms with Gasteiger partial charge in [-0.15, -0.1) is 0 Å². The van der Waals surface area contributed by atoms with Gasteiger partial charge in [0.2, 0.25) is 0 Å². The third-order valence-corrected chi connectivity index (χ3v) is 4.08. The molecule has 1 aliphatic rings. The van der Waals surface area contributed by atoms with Crippen LogP contribution in [-0.2, 0) is 23.8 Å². The molecule has 100 valence electrons. The summed E-state index contributed by atoms with van der Waals surface area (Å²) >= 11 is 0. The summed E-state index contributed by atoms with van der Waals surface area (Å²) in [4.78, 5) is 0.169. The third-order valence-electron chi connectivity index (χ3n) is 2.62. The van der Waals surface area contributed by atoms with E-state index < -0.39 is 16.4 Å². The van der Waals surface area contributed by atoms with E-state index in [4.69, 9.17) is 13.7 Å². The van der Waals surface area contributed by atoms with Crippen molar-refractivity contribution in [3.63, 3.8) is 0 Å². The fraction of sp³-hybridized carbons (Fsp3) is 0.500. The largest absolute Gasteiger partial charge is 0.374 e. The van der Waals surface area contributed by atoms with E-state index in [1.165, 1.54) is 0 Å². The molecule has 0 spiro atoms. The topological polar surface area (TPSA) is 61.8 Å². The van der Waals surface area contributed by atoms with E-state index in [1.807, 2.05) is 6.92 Å². The van der Waals surface area contributed by atoms with Crippen LogP contribution in [0.1, 0.15) is 11.1 Å². The second-order valence-corrected chi connectivity index (χ2v) is 5.74. The first-order valence-electron chi connectivity index (χ1n) is 5.69. The predicted molar refractivity (Wildman–Crippen MR) is 64.7 cm³/mol. The summed E-state index contributed by atoms with van der Waals surface area (Å²) in [5.41, 5.74) is 1.66. The molecule has 6 heteroatoms. The standard InChI is InChI=1S/C12H16O5S/c1-9-3-4-11(10(2)7-9)18(13,14)17-12-8-15-5-6-16-12/h3-4,7,12H,5-6,8H2,1-2H3. The first kappa shape index (κ1) is 13.5. The van der Waals surface area contributed by atoms with Crippen molar-refractivity contribution in [3.8, 4) is 0 Å². The van der Waals surface area contributed by atoms with Crippen LogP contribution in [0.4, 0.5) is 0 Å². The Bertz CT molecular complexity index is 517. The summed E-state index contributed by atoms with van der Waals surface area (Å²) in [6.45, 7) is 4.57. The molecular formula is C12H16O5S. The molecule has 0 N–H and O–H groups in total. The maximum Gasteiger partial charge on any atom is 0.299 e. The smallest absolute Gasteiger partial charge is 0.299 e. The Morgan fingerprint density at radius 3 is 2.67 bits per heavy atom. The Hall–Kier alpha value is -0.950. The van der Waals surface area contributed by atoms with Crippen molar-refractivity contribution < 1.29 is 22.1 Å². The summed E-state index contributed by atoms with van der Waals surface area (Å²) in [5, 5.41) is 0. The zero-order chi connectivity index (χ0) is 13.2. The van der Waals surface area contributed by atoms with E-state index in [0.717, 1.165) is 5.56 Å². The minimum absolute atomic E-state index is 0.129. The lowest BCUT2D eigenvalue weighted by Crippen LogP contribution is -2.33. The molecule has 1 unspecified atom stereocenters. The molecule has 1 aromatic rings. The zero-order valence-electron chi connectivity index (χ0n) is 10.4. The van der Waals surface area contributed by atoms with Gasteiger partial charge in [-0.3, -0.25) is 0 Å². The Balaban J connectivity index is 2.19. The molecule has 2 rings (SSSR count). The van der Waals surface area contributed by atoms with Crippen LogP contribution in [0.25, 0.3) is 0 Å². The monoisotopic (exact) mass is 272 g/mol. The van der Waals surface area contributed by atoms with Crippen molar-refractivity contribution in [1.29, 1.82) is 0 Å². The fourth-order valence-corrected chi connectivity index (χ4v) is 2.98. The highest BCUT2D eigenvalue weighted by Gasteiger charge is 2.25. The molecule has 1 saturated heterocycles. The van der Waals surface area contributed by atoms with Crippen LogP contribution in [0.5, 0.6) is 0 Å². The molecule has 1 heterocycles. The quantitative estimate of drug-likeness (QED) is 0.778. The van der Waals surface area contributed by atoms with E-state index in [1.54, 1.807) is 25.1 Å². The maximum absolute atomic E-state index is 12.1. The lowest BCUT2D eigenvalue weighted by atomic mass is 10.2. The fourth-order valence-electron chi connectivity index (χ4n) is 1.79. The molecule has 18 heavy (non-hydrogen) atoms. The minimum atomic E-state index is -3.81. The van der Waals surface area contributed by atoms with Crippen molar-refractivity contribution in [2.75, 3.05) is 19.8 Å². The van der Waals surface area contributed by atoms with Crippen LogP contribution < -0.4 is 0 Å². The van der Waals surface area contributed by atoms with Crippen molar-refractivity contribution in [1.82, 2.24) is 0 Å². The SMILES string of the molecule is Cc1ccc(S(=O)(=O)OC2COCCO2)c(C)c1. The average Bonchev–Trinajstić information content (AvgIpc) is 2.29. The Morgan fingerprint density at radius 1 is 1.28 bits per heavy atom. The lowest BCUT2D eigenvalue weighted by molar-refractivity contribution is -0.168. The highest BCUT2D eigenvalue weighted by molar-refractivity contribution is 7.86. The van der Waals surface area contributed by atoms with Crippen LogP contribution in [-0.4, -0.2) is 34.5 Å². The van der Waals surface area contributed by atoms with Crippen LogP contribution in [0.3, 0.4) is 0 Å². The molecule has 0 amide bonds. The second kappa shape index (κ2) is 5.36. The molecule has 1 aliphatic heterocycles. The summed E-state index contributed by atoms with van der Waals surface area (Å²) < 4.78 is 39.4. The van der Waals surface area contributed by atoms with Crippen molar-refractivity contribution in [2.45, 2.75) is 25.0 Å². The van der Waals surface area contributed by atoms with Gasteiger partial charge in [0, 0.05) is 0 Å². The molecule has 5 nitrogen and oxygen atoms in total. The Morgan fingerprint density at radius 2 is 2.06 bits per heavy atom. The normalized spacial score (nSPS) is 20.9. The van der Waals surface area contributed by atoms with E-state index in [2.05, 4.69) is 0 Å². The average molecular weight is 272 g/mol. The summed E-state index contributed by atoms with van der Waals surface area (Å²) in [5.74, 6) is 0. The molecule has 1 aromatic carbocycles. The zero-order valence-corrected chi connectivity index (χ0v) is 11.2. The number of ether oxygens (including phenoxy) is 2. The van der Waals surface area contributed by atoms with E-state index in [9.17, 15) is 8.42 Å². The van der Waals surface area contributed by atoms with Gasteiger partial charge in [0.25, 0.3) is 10.1 Å². The van der Waals surface area contributed by atoms with E-state index in [-0.39, 0.29) is 11.5 Å². The molecule has 1 atom stereocenters. The van der Waals surface area contributed by atoms with Gasteiger partial charge in [0.1, 0.15) is 0 Å². The van der Waals surface area contributed by atoms with Crippen LogP contribution >= 0.6 is 0 Å². The molecule has 0 bridgehead atoms. The highest BCUT2D eigenvalue weighted by Crippen LogP contribution is 2.20.